The minimum absolute atomic E-state index is 0.00870. The van der Waals surface area contributed by atoms with E-state index in [0.717, 1.165) is 5.56 Å². The lowest BCUT2D eigenvalue weighted by Gasteiger charge is -2.07. The van der Waals surface area contributed by atoms with E-state index in [1.807, 2.05) is 6.92 Å². The Balaban J connectivity index is 1.70. The lowest BCUT2D eigenvalue weighted by molar-refractivity contribution is -0.145. The Morgan fingerprint density at radius 1 is 1.17 bits per heavy atom. The third-order valence-corrected chi connectivity index (χ3v) is 4.64. The Hall–Kier alpha value is -2.32. The SMILES string of the molecule is Cc1ccc(S(=O)(=O)NCCCC(=O)OCc2ncccn2)cc1. The number of sulfonamides is 1. The second-order valence-electron chi connectivity index (χ2n) is 5.14. The highest BCUT2D eigenvalue weighted by atomic mass is 32.2. The summed E-state index contributed by atoms with van der Waals surface area (Å²) in [5.41, 5.74) is 0.985. The quantitative estimate of drug-likeness (QED) is 0.574. The molecule has 0 aliphatic heterocycles. The molecule has 1 aromatic heterocycles. The highest BCUT2D eigenvalue weighted by Crippen LogP contribution is 2.09. The van der Waals surface area contributed by atoms with Crippen LogP contribution in [0.4, 0.5) is 0 Å². The van der Waals surface area contributed by atoms with Gasteiger partial charge in [0, 0.05) is 25.4 Å². The topological polar surface area (TPSA) is 98.2 Å². The standard InChI is InChI=1S/C16H19N3O4S/c1-13-5-7-14(8-6-13)24(21,22)19-11-2-4-16(20)23-12-15-17-9-3-10-18-15/h3,5-10,19H,2,4,11-12H2,1H3. The van der Waals surface area contributed by atoms with Crippen LogP contribution in [-0.4, -0.2) is 30.9 Å². The van der Waals surface area contributed by atoms with Crippen LogP contribution in [0.1, 0.15) is 24.2 Å². The van der Waals surface area contributed by atoms with Crippen molar-refractivity contribution in [3.8, 4) is 0 Å². The van der Waals surface area contributed by atoms with Gasteiger partial charge in [-0.2, -0.15) is 0 Å². The van der Waals surface area contributed by atoms with E-state index < -0.39 is 16.0 Å². The van der Waals surface area contributed by atoms with Crippen LogP contribution in [0.3, 0.4) is 0 Å². The van der Waals surface area contributed by atoms with Crippen molar-refractivity contribution in [2.75, 3.05) is 6.54 Å². The van der Waals surface area contributed by atoms with Crippen molar-refractivity contribution in [3.63, 3.8) is 0 Å². The van der Waals surface area contributed by atoms with Crippen LogP contribution in [0.25, 0.3) is 0 Å². The third-order valence-electron chi connectivity index (χ3n) is 3.16. The molecule has 0 saturated carbocycles. The first-order chi connectivity index (χ1) is 11.5. The number of benzene rings is 1. The van der Waals surface area contributed by atoms with Crippen molar-refractivity contribution >= 4 is 16.0 Å². The van der Waals surface area contributed by atoms with Gasteiger partial charge in [-0.25, -0.2) is 23.1 Å². The van der Waals surface area contributed by atoms with Gasteiger partial charge < -0.3 is 4.74 Å². The number of hydrogen-bond donors (Lipinski definition) is 1. The van der Waals surface area contributed by atoms with E-state index in [1.54, 1.807) is 42.7 Å². The summed E-state index contributed by atoms with van der Waals surface area (Å²) in [6, 6.07) is 8.23. The molecule has 1 aromatic carbocycles. The molecule has 7 nitrogen and oxygen atoms in total. The van der Waals surface area contributed by atoms with Crippen molar-refractivity contribution in [2.45, 2.75) is 31.3 Å². The second-order valence-corrected chi connectivity index (χ2v) is 6.91. The Bertz CT molecular complexity index is 762. The van der Waals surface area contributed by atoms with E-state index in [-0.39, 0.29) is 24.5 Å². The number of carbonyl (C=O) groups is 1. The Morgan fingerprint density at radius 3 is 2.50 bits per heavy atom. The number of nitrogens with zero attached hydrogens (tertiary/aromatic N) is 2. The van der Waals surface area contributed by atoms with Gasteiger partial charge in [-0.05, 0) is 31.5 Å². The summed E-state index contributed by atoms with van der Waals surface area (Å²) >= 11 is 0. The van der Waals surface area contributed by atoms with Gasteiger partial charge >= 0.3 is 5.97 Å². The van der Waals surface area contributed by atoms with E-state index >= 15 is 0 Å². The van der Waals surface area contributed by atoms with E-state index in [2.05, 4.69) is 14.7 Å². The van der Waals surface area contributed by atoms with E-state index in [9.17, 15) is 13.2 Å². The van der Waals surface area contributed by atoms with Gasteiger partial charge in [-0.1, -0.05) is 17.7 Å². The Labute approximate surface area is 141 Å². The normalized spacial score (nSPS) is 11.2. The van der Waals surface area contributed by atoms with Gasteiger partial charge in [-0.15, -0.1) is 0 Å². The number of ether oxygens (including phenoxy) is 1. The maximum absolute atomic E-state index is 12.1. The molecule has 0 atom stereocenters. The summed E-state index contributed by atoms with van der Waals surface area (Å²) in [5, 5.41) is 0. The average molecular weight is 349 g/mol. The zero-order chi connectivity index (χ0) is 17.4. The van der Waals surface area contributed by atoms with Crippen LogP contribution in [0.15, 0.2) is 47.6 Å². The van der Waals surface area contributed by atoms with Gasteiger partial charge in [0.2, 0.25) is 10.0 Å². The highest BCUT2D eigenvalue weighted by Gasteiger charge is 2.13. The molecular formula is C16H19N3O4S. The van der Waals surface area contributed by atoms with Gasteiger partial charge in [0.05, 0.1) is 4.90 Å². The highest BCUT2D eigenvalue weighted by molar-refractivity contribution is 7.89. The van der Waals surface area contributed by atoms with Gasteiger partial charge in [0.25, 0.3) is 0 Å². The molecule has 0 bridgehead atoms. The smallest absolute Gasteiger partial charge is 0.306 e. The van der Waals surface area contributed by atoms with E-state index in [1.165, 1.54) is 0 Å². The molecule has 1 heterocycles. The summed E-state index contributed by atoms with van der Waals surface area (Å²) in [5.74, 6) is 0.00270. The van der Waals surface area contributed by atoms with Crippen LogP contribution in [0.5, 0.6) is 0 Å². The largest absolute Gasteiger partial charge is 0.457 e. The first kappa shape index (κ1) is 18.0. The van der Waals surface area contributed by atoms with Crippen LogP contribution in [0, 0.1) is 6.92 Å². The summed E-state index contributed by atoms with van der Waals surface area (Å²) in [6.07, 6.45) is 3.59. The average Bonchev–Trinajstić information content (AvgIpc) is 2.58. The van der Waals surface area contributed by atoms with E-state index in [4.69, 9.17) is 4.74 Å². The maximum atomic E-state index is 12.1. The molecule has 2 aromatic rings. The van der Waals surface area contributed by atoms with Crippen molar-refractivity contribution in [3.05, 3.63) is 54.1 Å². The van der Waals surface area contributed by atoms with E-state index in [0.29, 0.717) is 12.2 Å². The van der Waals surface area contributed by atoms with Gasteiger partial charge in [0.15, 0.2) is 12.4 Å². The predicted molar refractivity (Wildman–Crippen MR) is 87.4 cm³/mol. The molecule has 128 valence electrons. The zero-order valence-electron chi connectivity index (χ0n) is 13.3. The molecule has 1 N–H and O–H groups in total. The molecule has 0 amide bonds. The first-order valence-corrected chi connectivity index (χ1v) is 8.93. The van der Waals surface area contributed by atoms with Crippen LogP contribution >= 0.6 is 0 Å². The number of aromatic nitrogens is 2. The van der Waals surface area contributed by atoms with Crippen molar-refractivity contribution < 1.29 is 17.9 Å². The number of rotatable bonds is 8. The van der Waals surface area contributed by atoms with Crippen LogP contribution in [-0.2, 0) is 26.2 Å². The summed E-state index contributed by atoms with van der Waals surface area (Å²) < 4.78 is 31.6. The molecule has 0 fully saturated rings. The fraction of sp³-hybridized carbons (Fsp3) is 0.312. The van der Waals surface area contributed by atoms with Crippen LogP contribution < -0.4 is 4.72 Å². The number of hydrogen-bond acceptors (Lipinski definition) is 6. The van der Waals surface area contributed by atoms with Crippen LogP contribution in [0.2, 0.25) is 0 Å². The first-order valence-electron chi connectivity index (χ1n) is 7.45. The Morgan fingerprint density at radius 2 is 1.83 bits per heavy atom. The predicted octanol–water partition coefficient (Wildman–Crippen LogP) is 1.59. The molecule has 0 unspecified atom stereocenters. The number of aryl methyl sites for hydroxylation is 1. The van der Waals surface area contributed by atoms with Gasteiger partial charge in [0.1, 0.15) is 0 Å². The lowest BCUT2D eigenvalue weighted by atomic mass is 10.2. The molecule has 24 heavy (non-hydrogen) atoms. The second kappa shape index (κ2) is 8.51. The molecule has 2 rings (SSSR count). The number of carbonyl (C=O) groups excluding carboxylic acids is 1. The summed E-state index contributed by atoms with van der Waals surface area (Å²) in [4.78, 5) is 19.7. The minimum Gasteiger partial charge on any atom is -0.457 e. The third kappa shape index (κ3) is 5.71. The summed E-state index contributed by atoms with van der Waals surface area (Å²) in [7, 11) is -3.55. The van der Waals surface area contributed by atoms with Gasteiger partial charge in [-0.3, -0.25) is 4.79 Å². The summed E-state index contributed by atoms with van der Waals surface area (Å²) in [6.45, 7) is 2.05. The Kier molecular flexibility index (Phi) is 6.39. The fourth-order valence-electron chi connectivity index (χ4n) is 1.86. The number of esters is 1. The molecule has 8 heteroatoms. The minimum atomic E-state index is -3.55. The van der Waals surface area contributed by atoms with Crippen molar-refractivity contribution in [1.29, 1.82) is 0 Å². The molecule has 0 radical (unpaired) electrons. The molecular weight excluding hydrogens is 330 g/mol. The maximum Gasteiger partial charge on any atom is 0.306 e. The number of nitrogens with one attached hydrogen (secondary N) is 1. The van der Waals surface area contributed by atoms with Crippen molar-refractivity contribution in [1.82, 2.24) is 14.7 Å². The molecule has 0 saturated heterocycles. The zero-order valence-corrected chi connectivity index (χ0v) is 14.1. The van der Waals surface area contributed by atoms with Crippen molar-refractivity contribution in [2.24, 2.45) is 0 Å². The molecule has 0 spiro atoms. The fourth-order valence-corrected chi connectivity index (χ4v) is 2.94. The molecule has 0 aliphatic carbocycles. The molecule has 0 aliphatic rings. The lowest BCUT2D eigenvalue weighted by Crippen LogP contribution is -2.25. The monoisotopic (exact) mass is 349 g/mol.